The maximum absolute atomic E-state index is 12.4. The van der Waals surface area contributed by atoms with Gasteiger partial charge in [0.15, 0.2) is 4.80 Å². The van der Waals surface area contributed by atoms with Gasteiger partial charge in [-0.15, -0.1) is 11.3 Å². The van der Waals surface area contributed by atoms with E-state index in [1.54, 1.807) is 35.3 Å². The maximum atomic E-state index is 12.4. The molecule has 2 N–H and O–H groups in total. The lowest BCUT2D eigenvalue weighted by Gasteiger charge is -2.15. The highest BCUT2D eigenvalue weighted by Crippen LogP contribution is 2.32. The van der Waals surface area contributed by atoms with Crippen LogP contribution in [0.1, 0.15) is 31.7 Å². The molecule has 1 atom stereocenters. The molecule has 0 aliphatic carbocycles. The lowest BCUT2D eigenvalue weighted by Crippen LogP contribution is -2.22. The number of anilines is 1. The zero-order valence-electron chi connectivity index (χ0n) is 14.7. The molecule has 26 heavy (non-hydrogen) atoms. The van der Waals surface area contributed by atoms with Crippen molar-refractivity contribution in [1.29, 1.82) is 0 Å². The molecule has 0 saturated carbocycles. The second-order valence-electron chi connectivity index (χ2n) is 5.73. The zero-order chi connectivity index (χ0) is 19.3. The number of aliphatic hydroxyl groups excluding tert-OH is 1. The third-order valence-electron chi connectivity index (χ3n) is 3.98. The summed E-state index contributed by atoms with van der Waals surface area (Å²) in [4.78, 5) is 28.9. The van der Waals surface area contributed by atoms with E-state index in [-0.39, 0.29) is 5.92 Å². The summed E-state index contributed by atoms with van der Waals surface area (Å²) in [5, 5.41) is 14.1. The van der Waals surface area contributed by atoms with Gasteiger partial charge in [0.2, 0.25) is 0 Å². The van der Waals surface area contributed by atoms with Crippen molar-refractivity contribution < 1.29 is 14.7 Å². The van der Waals surface area contributed by atoms with Crippen LogP contribution in [0.2, 0.25) is 5.02 Å². The van der Waals surface area contributed by atoms with Gasteiger partial charge in [-0.25, -0.2) is 0 Å². The van der Waals surface area contributed by atoms with Crippen molar-refractivity contribution in [3.8, 4) is 0 Å². The minimum atomic E-state index is -0.836. The minimum Gasteiger partial charge on any atom is -0.515 e. The van der Waals surface area contributed by atoms with Gasteiger partial charge in [-0.3, -0.25) is 9.59 Å². The smallest absolute Gasteiger partial charge is 0.288 e. The van der Waals surface area contributed by atoms with E-state index < -0.39 is 17.4 Å². The summed E-state index contributed by atoms with van der Waals surface area (Å²) in [6.45, 7) is 4.08. The molecule has 0 aliphatic rings. The largest absolute Gasteiger partial charge is 0.515 e. The third-order valence-corrected chi connectivity index (χ3v) is 5.25. The average molecular weight is 394 g/mol. The van der Waals surface area contributed by atoms with Crippen LogP contribution in [0.4, 0.5) is 5.69 Å². The summed E-state index contributed by atoms with van der Waals surface area (Å²) in [6.07, 6.45) is 3.09. The molecule has 0 bridgehead atoms. The number of carbonyl (C=O) groups is 2. The Kier molecular flexibility index (Phi) is 6.76. The first-order chi connectivity index (χ1) is 12.4. The average Bonchev–Trinajstić information content (AvgIpc) is 3.01. The zero-order valence-corrected chi connectivity index (χ0v) is 16.3. The van der Waals surface area contributed by atoms with Gasteiger partial charge >= 0.3 is 0 Å². The van der Waals surface area contributed by atoms with Crippen molar-refractivity contribution >= 4 is 40.4 Å². The molecule has 1 heterocycles. The molecular weight excluding hydrogens is 374 g/mol. The third kappa shape index (κ3) is 4.42. The van der Waals surface area contributed by atoms with Crippen molar-refractivity contribution in [2.75, 3.05) is 5.32 Å². The molecule has 0 radical (unpaired) electrons. The number of aliphatic hydroxyl groups is 1. The van der Waals surface area contributed by atoms with E-state index in [2.05, 4.69) is 10.3 Å². The summed E-state index contributed by atoms with van der Waals surface area (Å²) in [6, 6.07) is 5.32. The minimum absolute atomic E-state index is 0.225. The number of benzene rings is 1. The summed E-state index contributed by atoms with van der Waals surface area (Å²) in [5.41, 5.74) is 0.815. The first kappa shape index (κ1) is 19.9. The Labute approximate surface area is 160 Å². The van der Waals surface area contributed by atoms with Gasteiger partial charge < -0.3 is 15.0 Å². The number of carbonyl (C=O) groups excluding carboxylic acids is 2. The molecule has 0 aliphatic heterocycles. The Morgan fingerprint density at radius 3 is 2.77 bits per heavy atom. The molecule has 0 spiro atoms. The van der Waals surface area contributed by atoms with Gasteiger partial charge in [0.25, 0.3) is 11.8 Å². The predicted molar refractivity (Wildman–Crippen MR) is 103 cm³/mol. The van der Waals surface area contributed by atoms with E-state index in [1.165, 1.54) is 11.3 Å². The van der Waals surface area contributed by atoms with Crippen LogP contribution in [-0.2, 0) is 16.6 Å². The Morgan fingerprint density at radius 2 is 2.19 bits per heavy atom. The molecular formula is C18H20ClN3O3S. The fraction of sp³-hybridized carbons (Fsp3) is 0.278. The van der Waals surface area contributed by atoms with E-state index in [0.29, 0.717) is 21.8 Å². The van der Waals surface area contributed by atoms with Crippen LogP contribution >= 0.6 is 22.9 Å². The van der Waals surface area contributed by atoms with Gasteiger partial charge in [-0.05, 0) is 24.0 Å². The molecule has 6 nitrogen and oxygen atoms in total. The van der Waals surface area contributed by atoms with E-state index in [4.69, 9.17) is 11.6 Å². The molecule has 2 rings (SSSR count). The number of hydrogen-bond acceptors (Lipinski definition) is 4. The summed E-state index contributed by atoms with van der Waals surface area (Å²) in [5.74, 6) is -1.39. The predicted octanol–water partition coefficient (Wildman–Crippen LogP) is 3.76. The van der Waals surface area contributed by atoms with Crippen molar-refractivity contribution in [1.82, 2.24) is 4.57 Å². The molecule has 138 valence electrons. The molecule has 1 aromatic carbocycles. The number of hydrogen-bond donors (Lipinski definition) is 2. The number of rotatable bonds is 5. The number of aryl methyl sites for hydroxylation is 1. The summed E-state index contributed by atoms with van der Waals surface area (Å²) < 4.78 is 1.64. The fourth-order valence-corrected chi connectivity index (χ4v) is 3.32. The molecule has 2 amide bonds. The molecule has 8 heteroatoms. The van der Waals surface area contributed by atoms with Gasteiger partial charge in [0.05, 0.1) is 17.0 Å². The Balaban J connectivity index is 2.26. The monoisotopic (exact) mass is 393 g/mol. The Bertz CT molecular complexity index is 914. The number of thiazole rings is 1. The number of nitrogens with zero attached hydrogens (tertiary/aromatic N) is 2. The molecule has 2 aromatic rings. The van der Waals surface area contributed by atoms with Gasteiger partial charge in [-0.1, -0.05) is 37.6 Å². The standard InChI is InChI=1S/C18H20ClN3O3S/c1-4-11(2)12-6-5-7-14(15(12)19)20-16(24)13(10-23)17(25)21-18-22(3)8-9-26-18/h5-11,23H,4H2,1-3H3,(H,20,24)/b13-10+,21-18?. The van der Waals surface area contributed by atoms with Crippen molar-refractivity contribution in [3.63, 3.8) is 0 Å². The van der Waals surface area contributed by atoms with Crippen LogP contribution < -0.4 is 10.1 Å². The highest BCUT2D eigenvalue weighted by Gasteiger charge is 2.20. The lowest BCUT2D eigenvalue weighted by molar-refractivity contribution is -0.119. The van der Waals surface area contributed by atoms with E-state index in [1.807, 2.05) is 19.9 Å². The van der Waals surface area contributed by atoms with E-state index >= 15 is 0 Å². The molecule has 0 fully saturated rings. The second kappa shape index (κ2) is 8.82. The van der Waals surface area contributed by atoms with Crippen LogP contribution in [0.3, 0.4) is 0 Å². The normalized spacial score (nSPS) is 13.5. The van der Waals surface area contributed by atoms with Crippen LogP contribution in [-0.4, -0.2) is 21.5 Å². The Morgan fingerprint density at radius 1 is 1.46 bits per heavy atom. The highest BCUT2D eigenvalue weighted by atomic mass is 35.5. The molecule has 1 aromatic heterocycles. The first-order valence-electron chi connectivity index (χ1n) is 8.02. The maximum Gasteiger partial charge on any atom is 0.288 e. The topological polar surface area (TPSA) is 83.7 Å². The number of halogens is 1. The van der Waals surface area contributed by atoms with Gasteiger partial charge in [0.1, 0.15) is 5.57 Å². The van der Waals surface area contributed by atoms with Gasteiger partial charge in [0, 0.05) is 18.6 Å². The molecule has 0 saturated heterocycles. The van der Waals surface area contributed by atoms with Crippen molar-refractivity contribution in [2.45, 2.75) is 26.2 Å². The van der Waals surface area contributed by atoms with Crippen molar-refractivity contribution in [2.24, 2.45) is 12.0 Å². The van der Waals surface area contributed by atoms with Gasteiger partial charge in [-0.2, -0.15) is 4.99 Å². The number of amides is 2. The molecule has 1 unspecified atom stereocenters. The summed E-state index contributed by atoms with van der Waals surface area (Å²) in [7, 11) is 1.73. The number of aromatic nitrogens is 1. The number of nitrogens with one attached hydrogen (secondary N) is 1. The highest BCUT2D eigenvalue weighted by molar-refractivity contribution is 7.07. The lowest BCUT2D eigenvalue weighted by atomic mass is 9.98. The van der Waals surface area contributed by atoms with Crippen LogP contribution in [0.5, 0.6) is 0 Å². The Hall–Kier alpha value is -2.38. The van der Waals surface area contributed by atoms with E-state index in [0.717, 1.165) is 12.0 Å². The first-order valence-corrected chi connectivity index (χ1v) is 9.28. The van der Waals surface area contributed by atoms with Crippen LogP contribution in [0.15, 0.2) is 46.6 Å². The van der Waals surface area contributed by atoms with E-state index in [9.17, 15) is 14.7 Å². The fourth-order valence-electron chi connectivity index (χ4n) is 2.23. The SMILES string of the molecule is CCC(C)c1cccc(NC(=O)/C(=C\O)C(=O)N=c2sccn2C)c1Cl. The van der Waals surface area contributed by atoms with Crippen molar-refractivity contribution in [3.05, 3.63) is 57.0 Å². The summed E-state index contributed by atoms with van der Waals surface area (Å²) >= 11 is 7.63. The second-order valence-corrected chi connectivity index (χ2v) is 6.98. The van der Waals surface area contributed by atoms with Crippen LogP contribution in [0.25, 0.3) is 0 Å². The van der Waals surface area contributed by atoms with Crippen LogP contribution in [0, 0.1) is 0 Å². The quantitative estimate of drug-likeness (QED) is 0.351.